The van der Waals surface area contributed by atoms with Crippen LogP contribution in [0.25, 0.3) is 0 Å². The number of nitrogens with one attached hydrogen (secondary N) is 1. The van der Waals surface area contributed by atoms with E-state index in [0.717, 1.165) is 17.3 Å². The molecule has 0 atom stereocenters. The van der Waals surface area contributed by atoms with Crippen LogP contribution in [0.15, 0.2) is 22.7 Å². The van der Waals surface area contributed by atoms with Crippen LogP contribution >= 0.6 is 15.9 Å². The first-order valence-electron chi connectivity index (χ1n) is 5.92. The Morgan fingerprint density at radius 1 is 1.35 bits per heavy atom. The van der Waals surface area contributed by atoms with Gasteiger partial charge in [-0.05, 0) is 24.6 Å². The van der Waals surface area contributed by atoms with E-state index in [4.69, 9.17) is 0 Å². The van der Waals surface area contributed by atoms with Crippen LogP contribution < -0.4 is 5.32 Å². The maximum Gasteiger partial charge on any atom is 0.255 e. The van der Waals surface area contributed by atoms with Crippen LogP contribution in [0.3, 0.4) is 0 Å². The van der Waals surface area contributed by atoms with Gasteiger partial charge in [-0.3, -0.25) is 4.79 Å². The molecule has 17 heavy (non-hydrogen) atoms. The molecule has 0 aliphatic rings. The molecule has 1 rings (SSSR count). The van der Waals surface area contributed by atoms with E-state index in [1.165, 1.54) is 18.9 Å². The van der Waals surface area contributed by atoms with Crippen LogP contribution in [-0.4, -0.2) is 17.6 Å². The highest BCUT2D eigenvalue weighted by atomic mass is 79.9. The van der Waals surface area contributed by atoms with Crippen molar-refractivity contribution < 1.29 is 9.90 Å². The van der Waals surface area contributed by atoms with Gasteiger partial charge in [-0.25, -0.2) is 0 Å². The summed E-state index contributed by atoms with van der Waals surface area (Å²) in [4.78, 5) is 11.7. The number of rotatable bonds is 6. The number of amides is 1. The molecule has 4 heteroatoms. The van der Waals surface area contributed by atoms with Gasteiger partial charge < -0.3 is 10.4 Å². The molecule has 0 saturated carbocycles. The molecule has 0 fully saturated rings. The number of unbranched alkanes of at least 4 members (excludes halogenated alkanes) is 3. The van der Waals surface area contributed by atoms with Gasteiger partial charge in [0.25, 0.3) is 5.91 Å². The molecule has 0 saturated heterocycles. The zero-order valence-corrected chi connectivity index (χ0v) is 11.6. The molecule has 0 aromatic heterocycles. The molecule has 1 aromatic rings. The number of hydrogen-bond donors (Lipinski definition) is 2. The Morgan fingerprint density at radius 3 is 2.76 bits per heavy atom. The number of aromatic hydroxyl groups is 1. The van der Waals surface area contributed by atoms with Gasteiger partial charge in [0.1, 0.15) is 5.75 Å². The van der Waals surface area contributed by atoms with Crippen molar-refractivity contribution in [3.63, 3.8) is 0 Å². The molecule has 0 heterocycles. The Bertz CT molecular complexity index is 380. The van der Waals surface area contributed by atoms with Gasteiger partial charge in [-0.15, -0.1) is 0 Å². The number of hydrogen-bond acceptors (Lipinski definition) is 2. The van der Waals surface area contributed by atoms with E-state index in [1.54, 1.807) is 12.1 Å². The first-order chi connectivity index (χ1) is 8.15. The average Bonchev–Trinajstić information content (AvgIpc) is 2.28. The van der Waals surface area contributed by atoms with Gasteiger partial charge in [0.2, 0.25) is 0 Å². The van der Waals surface area contributed by atoms with Crippen molar-refractivity contribution in [2.24, 2.45) is 0 Å². The molecule has 0 unspecified atom stereocenters. The predicted octanol–water partition coefficient (Wildman–Crippen LogP) is 3.46. The van der Waals surface area contributed by atoms with Crippen LogP contribution in [0.2, 0.25) is 0 Å². The first-order valence-corrected chi connectivity index (χ1v) is 6.71. The van der Waals surface area contributed by atoms with Crippen LogP contribution in [0.4, 0.5) is 0 Å². The molecule has 0 aliphatic heterocycles. The third-order valence-electron chi connectivity index (χ3n) is 2.52. The van der Waals surface area contributed by atoms with E-state index in [2.05, 4.69) is 28.2 Å². The van der Waals surface area contributed by atoms with E-state index in [9.17, 15) is 9.90 Å². The lowest BCUT2D eigenvalue weighted by atomic mass is 10.1. The van der Waals surface area contributed by atoms with Crippen LogP contribution in [0, 0.1) is 0 Å². The van der Waals surface area contributed by atoms with Gasteiger partial charge >= 0.3 is 0 Å². The largest absolute Gasteiger partial charge is 0.507 e. The number of carbonyl (C=O) groups is 1. The molecule has 1 amide bonds. The van der Waals surface area contributed by atoms with E-state index in [0.29, 0.717) is 12.1 Å². The lowest BCUT2D eigenvalue weighted by molar-refractivity contribution is 0.0950. The van der Waals surface area contributed by atoms with Crippen molar-refractivity contribution in [1.29, 1.82) is 0 Å². The normalized spacial score (nSPS) is 10.2. The fourth-order valence-corrected chi connectivity index (χ4v) is 1.89. The molecule has 3 nitrogen and oxygen atoms in total. The Kier molecular flexibility index (Phi) is 6.05. The minimum absolute atomic E-state index is 0.00503. The molecule has 0 bridgehead atoms. The maximum absolute atomic E-state index is 11.7. The van der Waals surface area contributed by atoms with Gasteiger partial charge in [0.05, 0.1) is 5.56 Å². The van der Waals surface area contributed by atoms with Gasteiger partial charge in [-0.1, -0.05) is 42.1 Å². The summed E-state index contributed by atoms with van der Waals surface area (Å²) >= 11 is 3.23. The monoisotopic (exact) mass is 299 g/mol. The zero-order chi connectivity index (χ0) is 12.7. The maximum atomic E-state index is 11.7. The third-order valence-corrected chi connectivity index (χ3v) is 3.01. The second kappa shape index (κ2) is 7.33. The fourth-order valence-electron chi connectivity index (χ4n) is 1.55. The van der Waals surface area contributed by atoms with Gasteiger partial charge in [-0.2, -0.15) is 0 Å². The summed E-state index contributed by atoms with van der Waals surface area (Å²) in [7, 11) is 0. The molecule has 94 valence electrons. The number of phenolic OH excluding ortho intramolecular Hbond substituents is 1. The molecule has 2 N–H and O–H groups in total. The number of carbonyl (C=O) groups excluding carboxylic acids is 1. The van der Waals surface area contributed by atoms with Crippen molar-refractivity contribution in [2.45, 2.75) is 32.6 Å². The van der Waals surface area contributed by atoms with Crippen molar-refractivity contribution in [2.75, 3.05) is 6.54 Å². The summed E-state index contributed by atoms with van der Waals surface area (Å²) in [5, 5.41) is 12.4. The molecule has 0 spiro atoms. The van der Waals surface area contributed by atoms with E-state index >= 15 is 0 Å². The highest BCUT2D eigenvalue weighted by Crippen LogP contribution is 2.21. The molecule has 0 aliphatic carbocycles. The van der Waals surface area contributed by atoms with Crippen molar-refractivity contribution in [3.05, 3.63) is 28.2 Å². The highest BCUT2D eigenvalue weighted by molar-refractivity contribution is 9.10. The third kappa shape index (κ3) is 4.77. The minimum Gasteiger partial charge on any atom is -0.507 e. The number of benzene rings is 1. The summed E-state index contributed by atoms with van der Waals surface area (Å²) in [5.41, 5.74) is 0.323. The first kappa shape index (κ1) is 14.0. The lowest BCUT2D eigenvalue weighted by Crippen LogP contribution is -2.24. The van der Waals surface area contributed by atoms with E-state index < -0.39 is 0 Å². The summed E-state index contributed by atoms with van der Waals surface area (Å²) in [5.74, 6) is -0.211. The Hall–Kier alpha value is -1.03. The molecule has 1 aromatic carbocycles. The van der Waals surface area contributed by atoms with Gasteiger partial charge in [0, 0.05) is 11.0 Å². The molecular formula is C13H18BrNO2. The smallest absolute Gasteiger partial charge is 0.255 e. The Balaban J connectivity index is 2.42. The summed E-state index contributed by atoms with van der Waals surface area (Å²) in [6.45, 7) is 2.81. The van der Waals surface area contributed by atoms with Crippen LogP contribution in [-0.2, 0) is 0 Å². The summed E-state index contributed by atoms with van der Waals surface area (Å²) < 4.78 is 0.759. The molecular weight excluding hydrogens is 282 g/mol. The average molecular weight is 300 g/mol. The quantitative estimate of drug-likeness (QED) is 0.790. The van der Waals surface area contributed by atoms with Crippen molar-refractivity contribution >= 4 is 21.8 Å². The Morgan fingerprint density at radius 2 is 2.12 bits per heavy atom. The topological polar surface area (TPSA) is 49.3 Å². The molecule has 0 radical (unpaired) electrons. The van der Waals surface area contributed by atoms with Crippen molar-refractivity contribution in [1.82, 2.24) is 5.32 Å². The minimum atomic E-state index is -0.216. The second-order valence-corrected chi connectivity index (χ2v) is 4.89. The summed E-state index contributed by atoms with van der Waals surface area (Å²) in [6, 6.07) is 4.87. The lowest BCUT2D eigenvalue weighted by Gasteiger charge is -2.06. The van der Waals surface area contributed by atoms with Gasteiger partial charge in [0.15, 0.2) is 0 Å². The van der Waals surface area contributed by atoms with E-state index in [1.807, 2.05) is 0 Å². The zero-order valence-electron chi connectivity index (χ0n) is 10.0. The number of phenols is 1. The van der Waals surface area contributed by atoms with Crippen LogP contribution in [0.1, 0.15) is 43.0 Å². The SMILES string of the molecule is CCCCCCNC(=O)c1ccc(Br)cc1O. The summed E-state index contributed by atoms with van der Waals surface area (Å²) in [6.07, 6.45) is 4.49. The standard InChI is InChI=1S/C13H18BrNO2/c1-2-3-4-5-8-15-13(17)11-7-6-10(14)9-12(11)16/h6-7,9,16H,2-5,8H2,1H3,(H,15,17). The fraction of sp³-hybridized carbons (Fsp3) is 0.462. The highest BCUT2D eigenvalue weighted by Gasteiger charge is 2.10. The second-order valence-electron chi connectivity index (χ2n) is 3.98. The van der Waals surface area contributed by atoms with Crippen LogP contribution in [0.5, 0.6) is 5.75 Å². The van der Waals surface area contributed by atoms with Crippen molar-refractivity contribution in [3.8, 4) is 5.75 Å². The predicted molar refractivity (Wildman–Crippen MR) is 72.3 cm³/mol. The Labute approximate surface area is 110 Å². The van der Waals surface area contributed by atoms with E-state index in [-0.39, 0.29) is 11.7 Å². The number of halogens is 1.